The molecule has 0 aromatic heterocycles. The molecule has 0 spiro atoms. The number of carbonyl (C=O) groups is 1. The van der Waals surface area contributed by atoms with E-state index < -0.39 is 15.4 Å². The van der Waals surface area contributed by atoms with E-state index in [1.807, 2.05) is 0 Å². The quantitative estimate of drug-likeness (QED) is 0.811. The third-order valence-electron chi connectivity index (χ3n) is 2.53. The smallest absolute Gasteiger partial charge is 0.231 e. The van der Waals surface area contributed by atoms with Crippen LogP contribution in [0.15, 0.2) is 24.3 Å². The van der Waals surface area contributed by atoms with Crippen molar-refractivity contribution in [3.63, 3.8) is 0 Å². The zero-order chi connectivity index (χ0) is 14.7. The van der Waals surface area contributed by atoms with E-state index in [9.17, 15) is 13.2 Å². The number of rotatable bonds is 5. The summed E-state index contributed by atoms with van der Waals surface area (Å²) < 4.78 is 21.9. The van der Waals surface area contributed by atoms with E-state index in [0.717, 1.165) is 0 Å². The lowest BCUT2D eigenvalue weighted by molar-refractivity contribution is -0.122. The fourth-order valence-corrected chi connectivity index (χ4v) is 2.06. The number of alkyl halides is 1. The van der Waals surface area contributed by atoms with Crippen LogP contribution in [0, 0.1) is 5.41 Å². The van der Waals surface area contributed by atoms with Gasteiger partial charge in [0.1, 0.15) is 0 Å². The van der Waals surface area contributed by atoms with Crippen LogP contribution in [-0.2, 0) is 20.6 Å². The van der Waals surface area contributed by atoms with Gasteiger partial charge in [0.25, 0.3) is 0 Å². The zero-order valence-corrected chi connectivity index (χ0v) is 12.4. The SMILES string of the molecule is CC(C)(CCl)C(=O)Nc1ccc(CS(N)(=O)=O)cc1. The third-order valence-corrected chi connectivity index (χ3v) is 3.93. The molecule has 19 heavy (non-hydrogen) atoms. The van der Waals surface area contributed by atoms with Gasteiger partial charge >= 0.3 is 0 Å². The van der Waals surface area contributed by atoms with Crippen molar-refractivity contribution in [2.24, 2.45) is 10.6 Å². The number of nitrogens with one attached hydrogen (secondary N) is 1. The number of anilines is 1. The molecule has 106 valence electrons. The van der Waals surface area contributed by atoms with Gasteiger partial charge in [-0.05, 0) is 31.5 Å². The molecule has 0 aliphatic heterocycles. The maximum absolute atomic E-state index is 11.9. The van der Waals surface area contributed by atoms with Gasteiger partial charge in [-0.3, -0.25) is 4.79 Å². The highest BCUT2D eigenvalue weighted by Crippen LogP contribution is 2.20. The standard InChI is InChI=1S/C12H17ClN2O3S/c1-12(2,8-13)11(16)15-10-5-3-9(4-6-10)7-19(14,17)18/h3-6H,7-8H2,1-2H3,(H,15,16)(H2,14,17,18). The number of hydrogen-bond donors (Lipinski definition) is 2. The number of amides is 1. The highest BCUT2D eigenvalue weighted by Gasteiger charge is 2.26. The summed E-state index contributed by atoms with van der Waals surface area (Å²) in [5, 5.41) is 7.67. The van der Waals surface area contributed by atoms with E-state index in [1.54, 1.807) is 38.1 Å². The Hall–Kier alpha value is -1.11. The maximum Gasteiger partial charge on any atom is 0.231 e. The molecule has 0 aliphatic carbocycles. The fourth-order valence-electron chi connectivity index (χ4n) is 1.28. The molecular weight excluding hydrogens is 288 g/mol. The highest BCUT2D eigenvalue weighted by molar-refractivity contribution is 7.88. The van der Waals surface area contributed by atoms with Gasteiger partial charge in [-0.1, -0.05) is 12.1 Å². The minimum absolute atomic E-state index is 0.193. The molecule has 0 heterocycles. The van der Waals surface area contributed by atoms with Crippen LogP contribution in [0.3, 0.4) is 0 Å². The first kappa shape index (κ1) is 15.9. The number of carbonyl (C=O) groups excluding carboxylic acids is 1. The summed E-state index contributed by atoms with van der Waals surface area (Å²) in [6, 6.07) is 6.47. The van der Waals surface area contributed by atoms with Crippen molar-refractivity contribution in [2.75, 3.05) is 11.2 Å². The molecule has 0 saturated carbocycles. The van der Waals surface area contributed by atoms with Crippen LogP contribution in [0.25, 0.3) is 0 Å². The van der Waals surface area contributed by atoms with Crippen LogP contribution >= 0.6 is 11.6 Å². The summed E-state index contributed by atoms with van der Waals surface area (Å²) in [6.07, 6.45) is 0. The predicted molar refractivity (Wildman–Crippen MR) is 76.4 cm³/mol. The Kier molecular flexibility index (Phi) is 4.95. The van der Waals surface area contributed by atoms with E-state index >= 15 is 0 Å². The van der Waals surface area contributed by atoms with E-state index in [-0.39, 0.29) is 17.5 Å². The largest absolute Gasteiger partial charge is 0.326 e. The predicted octanol–water partition coefficient (Wildman–Crippen LogP) is 1.68. The summed E-state index contributed by atoms with van der Waals surface area (Å²) in [7, 11) is -3.55. The molecule has 0 fully saturated rings. The molecule has 7 heteroatoms. The Morgan fingerprint density at radius 3 is 2.26 bits per heavy atom. The Morgan fingerprint density at radius 1 is 1.32 bits per heavy atom. The molecule has 1 amide bonds. The average molecular weight is 305 g/mol. The van der Waals surface area contributed by atoms with Crippen LogP contribution in [0.5, 0.6) is 0 Å². The van der Waals surface area contributed by atoms with Gasteiger partial charge in [0, 0.05) is 11.6 Å². The lowest BCUT2D eigenvalue weighted by Crippen LogP contribution is -2.32. The van der Waals surface area contributed by atoms with Crippen LogP contribution in [0.1, 0.15) is 19.4 Å². The highest BCUT2D eigenvalue weighted by atomic mass is 35.5. The van der Waals surface area contributed by atoms with Crippen LogP contribution < -0.4 is 10.5 Å². The molecular formula is C12H17ClN2O3S. The summed E-state index contributed by atoms with van der Waals surface area (Å²) in [5.74, 6) is -0.210. The molecule has 5 nitrogen and oxygen atoms in total. The van der Waals surface area contributed by atoms with E-state index in [4.69, 9.17) is 16.7 Å². The second-order valence-electron chi connectivity index (χ2n) is 4.98. The molecule has 0 saturated heterocycles. The second-order valence-corrected chi connectivity index (χ2v) is 6.86. The van der Waals surface area contributed by atoms with E-state index in [1.165, 1.54) is 0 Å². The lowest BCUT2D eigenvalue weighted by atomic mass is 9.95. The Morgan fingerprint density at radius 2 is 1.84 bits per heavy atom. The first-order valence-corrected chi connectivity index (χ1v) is 7.86. The van der Waals surface area contributed by atoms with Crippen molar-refractivity contribution in [1.29, 1.82) is 0 Å². The summed E-state index contributed by atoms with van der Waals surface area (Å²) in [6.45, 7) is 3.48. The first-order valence-electron chi connectivity index (χ1n) is 5.61. The molecule has 1 aromatic rings. The molecule has 1 rings (SSSR count). The lowest BCUT2D eigenvalue weighted by Gasteiger charge is -2.20. The van der Waals surface area contributed by atoms with E-state index in [2.05, 4.69) is 5.32 Å². The number of benzene rings is 1. The monoisotopic (exact) mass is 304 g/mol. The summed E-state index contributed by atoms with van der Waals surface area (Å²) in [5.41, 5.74) is 0.486. The fraction of sp³-hybridized carbons (Fsp3) is 0.417. The second kappa shape index (κ2) is 5.90. The normalized spacial score (nSPS) is 12.2. The van der Waals surface area contributed by atoms with Crippen LogP contribution in [0.2, 0.25) is 0 Å². The van der Waals surface area contributed by atoms with Crippen molar-refractivity contribution in [3.8, 4) is 0 Å². The van der Waals surface area contributed by atoms with Crippen molar-refractivity contribution in [3.05, 3.63) is 29.8 Å². The van der Waals surface area contributed by atoms with Crippen molar-refractivity contribution < 1.29 is 13.2 Å². The Bertz CT molecular complexity index is 553. The summed E-state index contributed by atoms with van der Waals surface area (Å²) in [4.78, 5) is 11.9. The average Bonchev–Trinajstić information content (AvgIpc) is 2.29. The van der Waals surface area contributed by atoms with Crippen molar-refractivity contribution in [1.82, 2.24) is 0 Å². The number of halogens is 1. The Balaban J connectivity index is 2.75. The minimum Gasteiger partial charge on any atom is -0.326 e. The van der Waals surface area contributed by atoms with Gasteiger partial charge in [0.15, 0.2) is 0 Å². The van der Waals surface area contributed by atoms with E-state index in [0.29, 0.717) is 11.3 Å². The van der Waals surface area contributed by atoms with Crippen molar-refractivity contribution >= 4 is 33.2 Å². The summed E-state index contributed by atoms with van der Waals surface area (Å²) >= 11 is 5.71. The molecule has 3 N–H and O–H groups in total. The van der Waals surface area contributed by atoms with Gasteiger partial charge in [0.05, 0.1) is 11.2 Å². The molecule has 0 radical (unpaired) electrons. The van der Waals surface area contributed by atoms with Crippen LogP contribution in [-0.4, -0.2) is 20.2 Å². The number of hydrogen-bond acceptors (Lipinski definition) is 3. The number of sulfonamides is 1. The maximum atomic E-state index is 11.9. The first-order chi connectivity index (χ1) is 8.64. The molecule has 0 bridgehead atoms. The zero-order valence-electron chi connectivity index (χ0n) is 10.8. The molecule has 0 atom stereocenters. The van der Waals surface area contributed by atoms with Crippen molar-refractivity contribution in [2.45, 2.75) is 19.6 Å². The minimum atomic E-state index is -3.55. The topological polar surface area (TPSA) is 89.3 Å². The molecule has 0 unspecified atom stereocenters. The van der Waals surface area contributed by atoms with Gasteiger partial charge in [0.2, 0.25) is 15.9 Å². The number of nitrogens with two attached hydrogens (primary N) is 1. The van der Waals surface area contributed by atoms with Gasteiger partial charge in [-0.15, -0.1) is 11.6 Å². The number of primary sulfonamides is 1. The van der Waals surface area contributed by atoms with Crippen LogP contribution in [0.4, 0.5) is 5.69 Å². The molecule has 0 aliphatic rings. The molecule has 1 aromatic carbocycles. The Labute approximate surface area is 118 Å². The third kappa shape index (κ3) is 5.18. The van der Waals surface area contributed by atoms with Gasteiger partial charge in [-0.25, -0.2) is 13.6 Å². The van der Waals surface area contributed by atoms with Gasteiger partial charge < -0.3 is 5.32 Å². The van der Waals surface area contributed by atoms with Gasteiger partial charge in [-0.2, -0.15) is 0 Å².